The van der Waals surface area contributed by atoms with E-state index < -0.39 is 11.6 Å². The summed E-state index contributed by atoms with van der Waals surface area (Å²) in [7, 11) is 1.37. The number of aromatic nitrogens is 2. The zero-order valence-electron chi connectivity index (χ0n) is 10.6. The maximum absolute atomic E-state index is 13.7. The lowest BCUT2D eigenvalue weighted by molar-refractivity contribution is 0.387. The van der Waals surface area contributed by atoms with Crippen molar-refractivity contribution in [3.63, 3.8) is 0 Å². The predicted molar refractivity (Wildman–Crippen MR) is 72.0 cm³/mol. The molecule has 0 aliphatic carbocycles. The lowest BCUT2D eigenvalue weighted by Gasteiger charge is -2.07. The van der Waals surface area contributed by atoms with Crippen LogP contribution < -0.4 is 10.5 Å². The number of halogens is 2. The lowest BCUT2D eigenvalue weighted by Crippen LogP contribution is -2.01. The first-order chi connectivity index (χ1) is 9.60. The first-order valence-electron chi connectivity index (χ1n) is 5.87. The van der Waals surface area contributed by atoms with Gasteiger partial charge in [0.25, 0.3) is 0 Å². The third-order valence-electron chi connectivity index (χ3n) is 3.02. The molecule has 0 unspecified atom stereocenters. The van der Waals surface area contributed by atoms with Crippen molar-refractivity contribution >= 4 is 17.0 Å². The smallest absolute Gasteiger partial charge is 0.205 e. The third kappa shape index (κ3) is 1.85. The van der Waals surface area contributed by atoms with E-state index >= 15 is 0 Å². The fourth-order valence-corrected chi connectivity index (χ4v) is 2.14. The molecule has 0 radical (unpaired) electrons. The van der Waals surface area contributed by atoms with Gasteiger partial charge in [-0.2, -0.15) is 0 Å². The molecular weight excluding hydrogens is 264 g/mol. The molecule has 0 amide bonds. The zero-order chi connectivity index (χ0) is 14.3. The van der Waals surface area contributed by atoms with Crippen LogP contribution in [0, 0.1) is 11.6 Å². The Morgan fingerprint density at radius 1 is 1.20 bits per heavy atom. The minimum Gasteiger partial charge on any atom is -0.494 e. The van der Waals surface area contributed by atoms with Gasteiger partial charge in [-0.3, -0.25) is 4.57 Å². The van der Waals surface area contributed by atoms with Crippen LogP contribution in [0.2, 0.25) is 0 Å². The molecule has 0 saturated carbocycles. The van der Waals surface area contributed by atoms with Crippen molar-refractivity contribution in [1.29, 1.82) is 0 Å². The van der Waals surface area contributed by atoms with Crippen molar-refractivity contribution in [3.05, 3.63) is 48.0 Å². The number of nitrogens with zero attached hydrogens (tertiary/aromatic N) is 2. The number of ether oxygens (including phenoxy) is 1. The molecule has 2 aromatic carbocycles. The van der Waals surface area contributed by atoms with Crippen LogP contribution in [-0.4, -0.2) is 16.7 Å². The Morgan fingerprint density at radius 3 is 2.70 bits per heavy atom. The molecule has 1 heterocycles. The van der Waals surface area contributed by atoms with Gasteiger partial charge in [0.15, 0.2) is 11.6 Å². The minimum atomic E-state index is -0.524. The average molecular weight is 275 g/mol. The SMILES string of the molecule is COc1cc2c(cc1F)nc(N)n2-c1cccc(F)c1. The summed E-state index contributed by atoms with van der Waals surface area (Å²) in [6.07, 6.45) is 0. The number of hydrogen-bond donors (Lipinski definition) is 1. The standard InChI is InChI=1S/C14H11F2N3O/c1-20-13-7-12-11(6-10(13)16)18-14(17)19(12)9-4-2-3-8(15)5-9/h2-7H,1H3,(H2,17,18). The van der Waals surface area contributed by atoms with E-state index in [1.54, 1.807) is 16.7 Å². The summed E-state index contributed by atoms with van der Waals surface area (Å²) in [5.74, 6) is -0.685. The number of hydrogen-bond acceptors (Lipinski definition) is 3. The molecule has 2 N–H and O–H groups in total. The Morgan fingerprint density at radius 2 is 2.00 bits per heavy atom. The number of nitrogen functional groups attached to an aromatic ring is 1. The van der Waals surface area contributed by atoms with Crippen LogP contribution in [0.5, 0.6) is 5.75 Å². The summed E-state index contributed by atoms with van der Waals surface area (Å²) in [5, 5.41) is 0. The van der Waals surface area contributed by atoms with Crippen molar-refractivity contribution in [2.75, 3.05) is 12.8 Å². The van der Waals surface area contributed by atoms with E-state index in [4.69, 9.17) is 10.5 Å². The molecule has 0 fully saturated rings. The average Bonchev–Trinajstić information content (AvgIpc) is 2.72. The van der Waals surface area contributed by atoms with E-state index in [1.165, 1.54) is 31.4 Å². The van der Waals surface area contributed by atoms with E-state index in [9.17, 15) is 8.78 Å². The second-order valence-electron chi connectivity index (χ2n) is 4.26. The summed E-state index contributed by atoms with van der Waals surface area (Å²) in [5.41, 5.74) is 7.28. The Bertz CT molecular complexity index is 798. The number of anilines is 1. The predicted octanol–water partition coefficient (Wildman–Crippen LogP) is 2.89. The Balaban J connectivity index is 2.32. The van der Waals surface area contributed by atoms with Crippen molar-refractivity contribution in [2.45, 2.75) is 0 Å². The van der Waals surface area contributed by atoms with Gasteiger partial charge in [-0.25, -0.2) is 13.8 Å². The molecule has 3 rings (SSSR count). The minimum absolute atomic E-state index is 0.0788. The van der Waals surface area contributed by atoms with Gasteiger partial charge in [0.1, 0.15) is 5.82 Å². The van der Waals surface area contributed by atoms with Crippen LogP contribution in [0.3, 0.4) is 0 Å². The first kappa shape index (κ1) is 12.4. The Labute approximate surface area is 113 Å². The number of nitrogens with two attached hydrogens (primary N) is 1. The van der Waals surface area contributed by atoms with Gasteiger partial charge in [-0.15, -0.1) is 0 Å². The number of methoxy groups -OCH3 is 1. The largest absolute Gasteiger partial charge is 0.494 e. The molecule has 6 heteroatoms. The molecule has 0 saturated heterocycles. The van der Waals surface area contributed by atoms with Gasteiger partial charge in [-0.05, 0) is 18.2 Å². The van der Waals surface area contributed by atoms with Crippen LogP contribution in [0.4, 0.5) is 14.7 Å². The molecule has 0 atom stereocenters. The van der Waals surface area contributed by atoms with Crippen molar-refractivity contribution in [2.24, 2.45) is 0 Å². The molecular formula is C14H11F2N3O. The van der Waals surface area contributed by atoms with E-state index in [1.807, 2.05) is 0 Å². The fourth-order valence-electron chi connectivity index (χ4n) is 2.14. The van der Waals surface area contributed by atoms with Crippen LogP contribution in [0.1, 0.15) is 0 Å². The van der Waals surface area contributed by atoms with E-state index in [-0.39, 0.29) is 11.7 Å². The third-order valence-corrected chi connectivity index (χ3v) is 3.02. The second kappa shape index (κ2) is 4.48. The summed E-state index contributed by atoms with van der Waals surface area (Å²) >= 11 is 0. The van der Waals surface area contributed by atoms with Crippen molar-refractivity contribution in [1.82, 2.24) is 9.55 Å². The van der Waals surface area contributed by atoms with Gasteiger partial charge >= 0.3 is 0 Å². The summed E-state index contributed by atoms with van der Waals surface area (Å²) in [4.78, 5) is 4.08. The molecule has 4 nitrogen and oxygen atoms in total. The summed E-state index contributed by atoms with van der Waals surface area (Å²) in [6, 6.07) is 8.64. The second-order valence-corrected chi connectivity index (χ2v) is 4.26. The highest BCUT2D eigenvalue weighted by Crippen LogP contribution is 2.28. The highest BCUT2D eigenvalue weighted by Gasteiger charge is 2.14. The van der Waals surface area contributed by atoms with E-state index in [2.05, 4.69) is 4.98 Å². The molecule has 0 spiro atoms. The van der Waals surface area contributed by atoms with Crippen LogP contribution in [0.15, 0.2) is 36.4 Å². The van der Waals surface area contributed by atoms with Crippen molar-refractivity contribution < 1.29 is 13.5 Å². The van der Waals surface area contributed by atoms with Gasteiger partial charge in [0.2, 0.25) is 5.95 Å². The quantitative estimate of drug-likeness (QED) is 0.782. The topological polar surface area (TPSA) is 53.1 Å². The van der Waals surface area contributed by atoms with Gasteiger partial charge in [-0.1, -0.05) is 6.07 Å². The number of fused-ring (bicyclic) bond motifs is 1. The molecule has 20 heavy (non-hydrogen) atoms. The molecule has 1 aromatic heterocycles. The Hall–Kier alpha value is -2.63. The van der Waals surface area contributed by atoms with Gasteiger partial charge < -0.3 is 10.5 Å². The maximum atomic E-state index is 13.7. The monoisotopic (exact) mass is 275 g/mol. The number of rotatable bonds is 2. The first-order valence-corrected chi connectivity index (χ1v) is 5.87. The van der Waals surface area contributed by atoms with Crippen LogP contribution in [-0.2, 0) is 0 Å². The highest BCUT2D eigenvalue weighted by atomic mass is 19.1. The molecule has 102 valence electrons. The van der Waals surface area contributed by atoms with E-state index in [0.29, 0.717) is 16.7 Å². The molecule has 0 aliphatic rings. The van der Waals surface area contributed by atoms with Crippen molar-refractivity contribution in [3.8, 4) is 11.4 Å². The lowest BCUT2D eigenvalue weighted by atomic mass is 10.2. The fraction of sp³-hybridized carbons (Fsp3) is 0.0714. The molecule has 3 aromatic rings. The number of benzene rings is 2. The van der Waals surface area contributed by atoms with Crippen LogP contribution in [0.25, 0.3) is 16.7 Å². The number of imidazole rings is 1. The molecule has 0 bridgehead atoms. The maximum Gasteiger partial charge on any atom is 0.205 e. The van der Waals surface area contributed by atoms with Crippen LogP contribution >= 0.6 is 0 Å². The highest BCUT2D eigenvalue weighted by molar-refractivity contribution is 5.82. The van der Waals surface area contributed by atoms with Gasteiger partial charge in [0, 0.05) is 12.1 Å². The zero-order valence-corrected chi connectivity index (χ0v) is 10.6. The molecule has 0 aliphatic heterocycles. The van der Waals surface area contributed by atoms with E-state index in [0.717, 1.165) is 0 Å². The Kier molecular flexibility index (Phi) is 2.78. The summed E-state index contributed by atoms with van der Waals surface area (Å²) in [6.45, 7) is 0. The normalized spacial score (nSPS) is 10.9. The summed E-state index contributed by atoms with van der Waals surface area (Å²) < 4.78 is 33.5. The van der Waals surface area contributed by atoms with Gasteiger partial charge in [0.05, 0.1) is 23.8 Å².